The predicted octanol–water partition coefficient (Wildman–Crippen LogP) is 3.48. The minimum absolute atomic E-state index is 0.0436. The molecule has 138 valence electrons. The number of anilines is 1. The molecule has 1 amide bonds. The molecule has 0 aromatic heterocycles. The molecule has 0 aliphatic carbocycles. The van der Waals surface area contributed by atoms with E-state index in [9.17, 15) is 18.4 Å². The van der Waals surface area contributed by atoms with E-state index >= 15 is 0 Å². The first-order valence-corrected chi connectivity index (χ1v) is 7.60. The maximum Gasteiger partial charge on any atom is 0.387 e. The molecule has 1 atom stereocenters. The van der Waals surface area contributed by atoms with Crippen LogP contribution in [0.4, 0.5) is 14.5 Å². The summed E-state index contributed by atoms with van der Waals surface area (Å²) in [6.07, 6.45) is -1.16. The Hall–Kier alpha value is -3.16. The summed E-state index contributed by atoms with van der Waals surface area (Å²) in [5.74, 6) is -1.13. The summed E-state index contributed by atoms with van der Waals surface area (Å²) in [5, 5.41) is 2.40. The molecule has 0 bridgehead atoms. The van der Waals surface area contributed by atoms with Crippen LogP contribution in [0.3, 0.4) is 0 Å². The summed E-state index contributed by atoms with van der Waals surface area (Å²) in [6, 6.07) is 12.0. The summed E-state index contributed by atoms with van der Waals surface area (Å²) in [6.45, 7) is -1.67. The number of halogens is 2. The molecule has 0 spiro atoms. The number of nitrogens with one attached hydrogen (secondary N) is 1. The molecule has 1 N–H and O–H groups in total. The second kappa shape index (κ2) is 8.80. The van der Waals surface area contributed by atoms with Gasteiger partial charge in [-0.05, 0) is 37.3 Å². The van der Waals surface area contributed by atoms with Gasteiger partial charge in [-0.1, -0.05) is 18.2 Å². The number of methoxy groups -OCH3 is 1. The molecular formula is C18H17F2NO5. The topological polar surface area (TPSA) is 73.9 Å². The SMILES string of the molecule is COc1cccc(C(=O)OC(C)C(=O)Nc2ccccc2OC(F)F)c1. The standard InChI is InChI=1S/C18H17F2NO5/c1-11(25-17(23)12-6-5-7-13(10-12)24-2)16(22)21-14-8-3-4-9-15(14)26-18(19)20/h3-11,18H,1-2H3,(H,21,22). The van der Waals surface area contributed by atoms with Crippen molar-refractivity contribution in [2.24, 2.45) is 0 Å². The molecule has 26 heavy (non-hydrogen) atoms. The normalized spacial score (nSPS) is 11.6. The average Bonchev–Trinajstić information content (AvgIpc) is 2.62. The number of benzene rings is 2. The van der Waals surface area contributed by atoms with Gasteiger partial charge in [-0.15, -0.1) is 0 Å². The average molecular weight is 365 g/mol. The van der Waals surface area contributed by atoms with Crippen LogP contribution < -0.4 is 14.8 Å². The Bertz CT molecular complexity index is 782. The number of alkyl halides is 2. The monoisotopic (exact) mass is 365 g/mol. The predicted molar refractivity (Wildman–Crippen MR) is 89.6 cm³/mol. The van der Waals surface area contributed by atoms with E-state index in [0.717, 1.165) is 0 Å². The van der Waals surface area contributed by atoms with Gasteiger partial charge in [0.1, 0.15) is 11.5 Å². The minimum atomic E-state index is -3.03. The minimum Gasteiger partial charge on any atom is -0.497 e. The first kappa shape index (κ1) is 19.2. The van der Waals surface area contributed by atoms with Crippen molar-refractivity contribution < 1.29 is 32.6 Å². The zero-order valence-electron chi connectivity index (χ0n) is 14.1. The quantitative estimate of drug-likeness (QED) is 0.761. The van der Waals surface area contributed by atoms with Gasteiger partial charge in [-0.25, -0.2) is 4.79 Å². The van der Waals surface area contributed by atoms with Crippen LogP contribution in [-0.2, 0) is 9.53 Å². The Labute approximate surface area is 148 Å². The lowest BCUT2D eigenvalue weighted by atomic mass is 10.2. The number of carbonyl (C=O) groups is 2. The Morgan fingerprint density at radius 3 is 2.50 bits per heavy atom. The van der Waals surface area contributed by atoms with Crippen molar-refractivity contribution in [3.05, 3.63) is 54.1 Å². The molecular weight excluding hydrogens is 348 g/mol. The van der Waals surface area contributed by atoms with E-state index in [1.807, 2.05) is 0 Å². The molecule has 0 saturated carbocycles. The third kappa shape index (κ3) is 5.17. The Morgan fingerprint density at radius 2 is 1.81 bits per heavy atom. The van der Waals surface area contributed by atoms with Gasteiger partial charge >= 0.3 is 12.6 Å². The van der Waals surface area contributed by atoms with Crippen molar-refractivity contribution >= 4 is 17.6 Å². The van der Waals surface area contributed by atoms with Crippen LogP contribution in [0.2, 0.25) is 0 Å². The molecule has 0 aliphatic heterocycles. The van der Waals surface area contributed by atoms with E-state index in [1.165, 1.54) is 44.4 Å². The zero-order chi connectivity index (χ0) is 19.1. The van der Waals surface area contributed by atoms with Crippen LogP contribution in [-0.4, -0.2) is 31.7 Å². The Balaban J connectivity index is 2.02. The molecule has 0 saturated heterocycles. The van der Waals surface area contributed by atoms with Crippen LogP contribution in [0, 0.1) is 0 Å². The Morgan fingerprint density at radius 1 is 1.08 bits per heavy atom. The fraction of sp³-hybridized carbons (Fsp3) is 0.222. The number of esters is 1. The van der Waals surface area contributed by atoms with Crippen LogP contribution in [0.1, 0.15) is 17.3 Å². The highest BCUT2D eigenvalue weighted by Gasteiger charge is 2.21. The zero-order valence-corrected chi connectivity index (χ0v) is 14.1. The smallest absolute Gasteiger partial charge is 0.387 e. The highest BCUT2D eigenvalue weighted by Crippen LogP contribution is 2.25. The van der Waals surface area contributed by atoms with Crippen molar-refractivity contribution in [2.75, 3.05) is 12.4 Å². The van der Waals surface area contributed by atoms with Gasteiger partial charge in [0.05, 0.1) is 18.4 Å². The number of carbonyl (C=O) groups excluding carboxylic acids is 2. The van der Waals surface area contributed by atoms with E-state index in [0.29, 0.717) is 5.75 Å². The number of hydrogen-bond donors (Lipinski definition) is 1. The van der Waals surface area contributed by atoms with Gasteiger partial charge in [0, 0.05) is 0 Å². The van der Waals surface area contributed by atoms with E-state index in [-0.39, 0.29) is 17.0 Å². The molecule has 0 aliphatic rings. The maximum absolute atomic E-state index is 12.4. The third-order valence-corrected chi connectivity index (χ3v) is 3.32. The van der Waals surface area contributed by atoms with E-state index in [4.69, 9.17) is 9.47 Å². The van der Waals surface area contributed by atoms with Crippen molar-refractivity contribution in [1.82, 2.24) is 0 Å². The summed E-state index contributed by atoms with van der Waals surface area (Å²) < 4.78 is 39.3. The van der Waals surface area contributed by atoms with Gasteiger partial charge in [-0.2, -0.15) is 8.78 Å². The fourth-order valence-electron chi connectivity index (χ4n) is 2.04. The third-order valence-electron chi connectivity index (χ3n) is 3.32. The summed E-state index contributed by atoms with van der Waals surface area (Å²) in [5.41, 5.74) is 0.257. The van der Waals surface area contributed by atoms with Crippen LogP contribution in [0.25, 0.3) is 0 Å². The molecule has 0 heterocycles. The number of amides is 1. The molecule has 2 aromatic rings. The van der Waals surface area contributed by atoms with Crippen molar-refractivity contribution in [2.45, 2.75) is 19.6 Å². The molecule has 6 nitrogen and oxygen atoms in total. The molecule has 0 fully saturated rings. The fourth-order valence-corrected chi connectivity index (χ4v) is 2.04. The van der Waals surface area contributed by atoms with E-state index < -0.39 is 24.6 Å². The van der Waals surface area contributed by atoms with Crippen LogP contribution >= 0.6 is 0 Å². The van der Waals surface area contributed by atoms with Gasteiger partial charge < -0.3 is 19.5 Å². The molecule has 8 heteroatoms. The molecule has 2 rings (SSSR count). The highest BCUT2D eigenvalue weighted by molar-refractivity contribution is 5.98. The number of ether oxygens (including phenoxy) is 3. The second-order valence-electron chi connectivity index (χ2n) is 5.14. The summed E-state index contributed by atoms with van der Waals surface area (Å²) in [7, 11) is 1.46. The number of para-hydroxylation sites is 2. The summed E-state index contributed by atoms with van der Waals surface area (Å²) in [4.78, 5) is 24.3. The molecule has 1 unspecified atom stereocenters. The van der Waals surface area contributed by atoms with Gasteiger partial charge in [0.15, 0.2) is 6.10 Å². The largest absolute Gasteiger partial charge is 0.497 e. The lowest BCUT2D eigenvalue weighted by Gasteiger charge is -2.16. The van der Waals surface area contributed by atoms with Crippen LogP contribution in [0.15, 0.2) is 48.5 Å². The van der Waals surface area contributed by atoms with Gasteiger partial charge in [0.25, 0.3) is 5.91 Å². The lowest BCUT2D eigenvalue weighted by Crippen LogP contribution is -2.30. The maximum atomic E-state index is 12.4. The first-order chi connectivity index (χ1) is 12.4. The van der Waals surface area contributed by atoms with Gasteiger partial charge in [-0.3, -0.25) is 4.79 Å². The number of rotatable bonds is 7. The van der Waals surface area contributed by atoms with E-state index in [2.05, 4.69) is 10.1 Å². The van der Waals surface area contributed by atoms with Crippen molar-refractivity contribution in [3.8, 4) is 11.5 Å². The van der Waals surface area contributed by atoms with E-state index in [1.54, 1.807) is 18.2 Å². The van der Waals surface area contributed by atoms with Crippen molar-refractivity contribution in [3.63, 3.8) is 0 Å². The van der Waals surface area contributed by atoms with Gasteiger partial charge in [0.2, 0.25) is 0 Å². The molecule has 0 radical (unpaired) electrons. The summed E-state index contributed by atoms with van der Waals surface area (Å²) >= 11 is 0. The van der Waals surface area contributed by atoms with Crippen molar-refractivity contribution in [1.29, 1.82) is 0 Å². The Kier molecular flexibility index (Phi) is 6.48. The second-order valence-corrected chi connectivity index (χ2v) is 5.14. The number of hydrogen-bond acceptors (Lipinski definition) is 5. The molecule has 2 aromatic carbocycles. The highest BCUT2D eigenvalue weighted by atomic mass is 19.3. The first-order valence-electron chi connectivity index (χ1n) is 7.60. The lowest BCUT2D eigenvalue weighted by molar-refractivity contribution is -0.123. The van der Waals surface area contributed by atoms with Crippen LogP contribution in [0.5, 0.6) is 11.5 Å².